The molecule has 0 amide bonds. The molecule has 2 aromatic rings. The molecule has 0 fully saturated rings. The number of hydrogen-bond donors (Lipinski definition) is 1. The fraction of sp³-hybridized carbons (Fsp3) is 0.143. The van der Waals surface area contributed by atoms with Crippen LogP contribution in [-0.4, -0.2) is 0 Å². The van der Waals surface area contributed by atoms with Crippen molar-refractivity contribution in [1.29, 1.82) is 0 Å². The lowest BCUT2D eigenvalue weighted by atomic mass is 10.1. The van der Waals surface area contributed by atoms with E-state index in [1.165, 1.54) is 12.1 Å². The number of benzene rings is 2. The summed E-state index contributed by atoms with van der Waals surface area (Å²) in [4.78, 5) is 0. The van der Waals surface area contributed by atoms with Crippen LogP contribution in [0.3, 0.4) is 0 Å². The zero-order chi connectivity index (χ0) is 15.6. The molecule has 0 radical (unpaired) electrons. The smallest absolute Gasteiger partial charge is 0.381 e. The fourth-order valence-corrected chi connectivity index (χ4v) is 1.70. The quantitative estimate of drug-likeness (QED) is 0.638. The van der Waals surface area contributed by atoms with Crippen molar-refractivity contribution in [2.75, 3.05) is 5.32 Å². The first-order valence-electron chi connectivity index (χ1n) is 5.82. The van der Waals surface area contributed by atoms with Crippen LogP contribution in [0.4, 0.5) is 32.0 Å². The minimum atomic E-state index is -4.50. The van der Waals surface area contributed by atoms with Crippen LogP contribution in [0.15, 0.2) is 36.4 Å². The van der Waals surface area contributed by atoms with Crippen LogP contribution in [0, 0.1) is 17.5 Å². The summed E-state index contributed by atoms with van der Waals surface area (Å²) in [7, 11) is 0. The Morgan fingerprint density at radius 3 is 2.19 bits per heavy atom. The van der Waals surface area contributed by atoms with Crippen LogP contribution in [0.1, 0.15) is 11.1 Å². The van der Waals surface area contributed by atoms with Crippen LogP contribution in [0.5, 0.6) is 0 Å². The molecule has 0 spiro atoms. The molecule has 0 bridgehead atoms. The Morgan fingerprint density at radius 1 is 0.857 bits per heavy atom. The molecular formula is C14H9F6N. The van der Waals surface area contributed by atoms with Gasteiger partial charge in [-0.3, -0.25) is 0 Å². The molecule has 112 valence electrons. The minimum absolute atomic E-state index is 0.0916. The van der Waals surface area contributed by atoms with Gasteiger partial charge in [-0.05, 0) is 24.3 Å². The van der Waals surface area contributed by atoms with E-state index in [4.69, 9.17) is 0 Å². The molecule has 0 aliphatic rings. The number of rotatable bonds is 3. The van der Waals surface area contributed by atoms with Gasteiger partial charge in [-0.1, -0.05) is 6.07 Å². The van der Waals surface area contributed by atoms with Crippen molar-refractivity contribution in [3.63, 3.8) is 0 Å². The summed E-state index contributed by atoms with van der Waals surface area (Å²) in [6.45, 7) is -0.273. The number of anilines is 1. The molecule has 0 aliphatic heterocycles. The van der Waals surface area contributed by atoms with Gasteiger partial charge in [0, 0.05) is 23.9 Å². The van der Waals surface area contributed by atoms with Crippen molar-refractivity contribution in [1.82, 2.24) is 0 Å². The molecule has 0 saturated carbocycles. The summed E-state index contributed by atoms with van der Waals surface area (Å²) in [6, 6.07) is 5.32. The van der Waals surface area contributed by atoms with Crippen LogP contribution in [-0.2, 0) is 12.7 Å². The van der Waals surface area contributed by atoms with Crippen molar-refractivity contribution in [3.05, 3.63) is 65.0 Å². The molecule has 0 heterocycles. The molecule has 1 N–H and O–H groups in total. The summed E-state index contributed by atoms with van der Waals surface area (Å²) in [5, 5.41) is 2.53. The SMILES string of the molecule is Fc1cc(F)c(CNc2cccc(C(F)(F)F)c2)cc1F. The van der Waals surface area contributed by atoms with Gasteiger partial charge in [-0.15, -0.1) is 0 Å². The second kappa shape index (κ2) is 5.67. The summed E-state index contributed by atoms with van der Waals surface area (Å²) in [6.07, 6.45) is -4.50. The van der Waals surface area contributed by atoms with Crippen molar-refractivity contribution in [2.45, 2.75) is 12.7 Å². The first-order chi connectivity index (χ1) is 9.77. The molecule has 0 aromatic heterocycles. The van der Waals surface area contributed by atoms with Gasteiger partial charge in [0.05, 0.1) is 5.56 Å². The predicted octanol–water partition coefficient (Wildman–Crippen LogP) is 4.73. The summed E-state index contributed by atoms with van der Waals surface area (Å²) < 4.78 is 76.6. The number of nitrogens with one attached hydrogen (secondary N) is 1. The van der Waals surface area contributed by atoms with E-state index in [1.54, 1.807) is 0 Å². The highest BCUT2D eigenvalue weighted by molar-refractivity contribution is 5.47. The Labute approximate surface area is 116 Å². The normalized spacial score (nSPS) is 11.5. The Bertz CT molecular complexity index is 650. The fourth-order valence-electron chi connectivity index (χ4n) is 1.70. The predicted molar refractivity (Wildman–Crippen MR) is 65.1 cm³/mol. The van der Waals surface area contributed by atoms with Gasteiger partial charge in [0.25, 0.3) is 0 Å². The molecular weight excluding hydrogens is 296 g/mol. The second-order valence-corrected chi connectivity index (χ2v) is 4.29. The van der Waals surface area contributed by atoms with E-state index in [0.29, 0.717) is 12.1 Å². The molecule has 0 unspecified atom stereocenters. The highest BCUT2D eigenvalue weighted by Crippen LogP contribution is 2.30. The van der Waals surface area contributed by atoms with E-state index >= 15 is 0 Å². The van der Waals surface area contributed by atoms with Crippen LogP contribution in [0.2, 0.25) is 0 Å². The number of halogens is 6. The average molecular weight is 305 g/mol. The van der Waals surface area contributed by atoms with E-state index in [0.717, 1.165) is 12.1 Å². The van der Waals surface area contributed by atoms with Crippen molar-refractivity contribution in [2.24, 2.45) is 0 Å². The van der Waals surface area contributed by atoms with Gasteiger partial charge in [0.1, 0.15) is 5.82 Å². The van der Waals surface area contributed by atoms with Gasteiger partial charge < -0.3 is 5.32 Å². The van der Waals surface area contributed by atoms with Crippen LogP contribution < -0.4 is 5.32 Å². The molecule has 2 aromatic carbocycles. The molecule has 0 atom stereocenters. The van der Waals surface area contributed by atoms with E-state index in [1.807, 2.05) is 0 Å². The first kappa shape index (κ1) is 15.2. The lowest BCUT2D eigenvalue weighted by Gasteiger charge is -2.11. The lowest BCUT2D eigenvalue weighted by Crippen LogP contribution is -2.07. The van der Waals surface area contributed by atoms with Gasteiger partial charge in [0.2, 0.25) is 0 Å². The van der Waals surface area contributed by atoms with Gasteiger partial charge in [0.15, 0.2) is 11.6 Å². The monoisotopic (exact) mass is 305 g/mol. The van der Waals surface area contributed by atoms with E-state index in [9.17, 15) is 26.3 Å². The molecule has 0 aliphatic carbocycles. The van der Waals surface area contributed by atoms with Gasteiger partial charge in [-0.25, -0.2) is 13.2 Å². The largest absolute Gasteiger partial charge is 0.416 e. The number of hydrogen-bond acceptors (Lipinski definition) is 1. The Kier molecular flexibility index (Phi) is 4.11. The topological polar surface area (TPSA) is 12.0 Å². The van der Waals surface area contributed by atoms with E-state index in [2.05, 4.69) is 5.32 Å². The standard InChI is InChI=1S/C14H9F6N/c15-11-6-13(17)12(16)4-8(11)7-21-10-3-1-2-9(5-10)14(18,19)20/h1-6,21H,7H2. The minimum Gasteiger partial charge on any atom is -0.381 e. The van der Waals surface area contributed by atoms with E-state index < -0.39 is 29.2 Å². The van der Waals surface area contributed by atoms with Crippen LogP contribution in [0.25, 0.3) is 0 Å². The average Bonchev–Trinajstić information content (AvgIpc) is 2.41. The maximum Gasteiger partial charge on any atom is 0.416 e. The Balaban J connectivity index is 2.15. The molecule has 7 heteroatoms. The van der Waals surface area contributed by atoms with Crippen molar-refractivity contribution < 1.29 is 26.3 Å². The van der Waals surface area contributed by atoms with E-state index in [-0.39, 0.29) is 17.8 Å². The third kappa shape index (κ3) is 3.68. The van der Waals surface area contributed by atoms with Crippen LogP contribution >= 0.6 is 0 Å². The number of alkyl halides is 3. The maximum atomic E-state index is 13.4. The van der Waals surface area contributed by atoms with Gasteiger partial charge in [-0.2, -0.15) is 13.2 Å². The summed E-state index contributed by atoms with van der Waals surface area (Å²) in [5.41, 5.74) is -0.960. The maximum absolute atomic E-state index is 13.4. The second-order valence-electron chi connectivity index (χ2n) is 4.29. The highest BCUT2D eigenvalue weighted by Gasteiger charge is 2.30. The molecule has 1 nitrogen and oxygen atoms in total. The van der Waals surface area contributed by atoms with Crippen molar-refractivity contribution >= 4 is 5.69 Å². The first-order valence-corrected chi connectivity index (χ1v) is 5.82. The Morgan fingerprint density at radius 2 is 1.52 bits per heavy atom. The van der Waals surface area contributed by atoms with Crippen molar-refractivity contribution in [3.8, 4) is 0 Å². The summed E-state index contributed by atoms with van der Waals surface area (Å²) in [5.74, 6) is -3.53. The molecule has 2 rings (SSSR count). The third-order valence-electron chi connectivity index (χ3n) is 2.76. The zero-order valence-electron chi connectivity index (χ0n) is 10.4. The molecule has 0 saturated heterocycles. The van der Waals surface area contributed by atoms with Gasteiger partial charge >= 0.3 is 6.18 Å². The Hall–Kier alpha value is -2.18. The lowest BCUT2D eigenvalue weighted by molar-refractivity contribution is -0.137. The zero-order valence-corrected chi connectivity index (χ0v) is 10.4. The highest BCUT2D eigenvalue weighted by atomic mass is 19.4. The summed E-state index contributed by atoms with van der Waals surface area (Å²) >= 11 is 0. The third-order valence-corrected chi connectivity index (χ3v) is 2.76. The molecule has 21 heavy (non-hydrogen) atoms.